The number of amides is 2. The summed E-state index contributed by atoms with van der Waals surface area (Å²) in [6, 6.07) is 11.9. The summed E-state index contributed by atoms with van der Waals surface area (Å²) in [6.07, 6.45) is 3.09. The quantitative estimate of drug-likeness (QED) is 0.425. The molecule has 2 N–H and O–H groups in total. The Labute approximate surface area is 197 Å². The summed E-state index contributed by atoms with van der Waals surface area (Å²) >= 11 is 7.47. The molecule has 2 heterocycles. The maximum atomic E-state index is 13.5. The normalized spacial score (nSPS) is 15.0. The number of halogens is 2. The first kappa shape index (κ1) is 22.8. The van der Waals surface area contributed by atoms with Gasteiger partial charge in [0.1, 0.15) is 5.82 Å². The zero-order chi connectivity index (χ0) is 22.3. The molecule has 170 valence electrons. The van der Waals surface area contributed by atoms with Crippen LogP contribution in [0.1, 0.15) is 19.3 Å². The number of fused-ring (bicyclic) bond motifs is 1. The number of carbonyl (C=O) groups excluding carboxylic acids is 1. The van der Waals surface area contributed by atoms with Crippen molar-refractivity contribution in [2.24, 2.45) is 0 Å². The van der Waals surface area contributed by atoms with E-state index in [1.54, 1.807) is 47.7 Å². The van der Waals surface area contributed by atoms with Gasteiger partial charge in [-0.1, -0.05) is 11.6 Å². The van der Waals surface area contributed by atoms with E-state index in [2.05, 4.69) is 25.8 Å². The average molecular weight is 475 g/mol. The molecule has 0 radical (unpaired) electrons. The molecule has 0 aliphatic carbocycles. The molecule has 1 saturated heterocycles. The van der Waals surface area contributed by atoms with Crippen LogP contribution >= 0.6 is 22.9 Å². The van der Waals surface area contributed by atoms with Gasteiger partial charge in [-0.25, -0.2) is 9.18 Å². The van der Waals surface area contributed by atoms with Crippen molar-refractivity contribution in [3.8, 4) is 0 Å². The molecular formula is C24H28ClFN4OS. The van der Waals surface area contributed by atoms with Crippen LogP contribution in [0, 0.1) is 5.82 Å². The topological polar surface area (TPSA) is 47.6 Å². The number of nitrogens with zero attached hydrogens (tertiary/aromatic N) is 2. The molecule has 4 rings (SSSR count). The van der Waals surface area contributed by atoms with E-state index in [1.807, 2.05) is 6.07 Å². The third-order valence-electron chi connectivity index (χ3n) is 5.74. The second-order valence-electron chi connectivity index (χ2n) is 8.04. The van der Waals surface area contributed by atoms with Crippen molar-refractivity contribution in [1.29, 1.82) is 0 Å². The number of thiophene rings is 1. The van der Waals surface area contributed by atoms with Crippen LogP contribution in [-0.2, 0) is 0 Å². The fourth-order valence-corrected chi connectivity index (χ4v) is 5.16. The molecule has 0 atom stereocenters. The lowest BCUT2D eigenvalue weighted by Crippen LogP contribution is -2.32. The number of rotatable bonds is 7. The van der Waals surface area contributed by atoms with Crippen molar-refractivity contribution < 1.29 is 9.18 Å². The molecule has 0 spiro atoms. The van der Waals surface area contributed by atoms with E-state index in [1.165, 1.54) is 5.69 Å². The van der Waals surface area contributed by atoms with Crippen LogP contribution in [0.4, 0.5) is 20.6 Å². The molecular weight excluding hydrogens is 447 g/mol. The molecule has 0 bridgehead atoms. The first-order valence-corrected chi connectivity index (χ1v) is 12.3. The van der Waals surface area contributed by atoms with E-state index in [0.717, 1.165) is 67.8 Å². The van der Waals surface area contributed by atoms with Crippen molar-refractivity contribution >= 4 is 50.4 Å². The van der Waals surface area contributed by atoms with Gasteiger partial charge in [-0.2, -0.15) is 0 Å². The highest BCUT2D eigenvalue weighted by molar-refractivity contribution is 7.17. The van der Waals surface area contributed by atoms with E-state index < -0.39 is 0 Å². The van der Waals surface area contributed by atoms with Crippen LogP contribution in [0.25, 0.3) is 10.1 Å². The SMILES string of the molecule is O=C(NCCCCN1CCCN(c2csc3cc(F)ccc23)CC1)Nc1ccc(Cl)cc1. The number of carbonyl (C=O) groups is 1. The van der Waals surface area contributed by atoms with Crippen molar-refractivity contribution in [3.05, 3.63) is 58.7 Å². The highest BCUT2D eigenvalue weighted by Crippen LogP contribution is 2.34. The molecule has 2 amide bonds. The van der Waals surface area contributed by atoms with Crippen molar-refractivity contribution in [2.75, 3.05) is 49.5 Å². The number of hydrogen-bond acceptors (Lipinski definition) is 4. The van der Waals surface area contributed by atoms with E-state index in [4.69, 9.17) is 11.6 Å². The first-order valence-electron chi connectivity index (χ1n) is 11.0. The molecule has 0 saturated carbocycles. The molecule has 1 aliphatic heterocycles. The fourth-order valence-electron chi connectivity index (χ4n) is 4.04. The summed E-state index contributed by atoms with van der Waals surface area (Å²) in [4.78, 5) is 16.9. The minimum Gasteiger partial charge on any atom is -0.369 e. The highest BCUT2D eigenvalue weighted by atomic mass is 35.5. The third-order valence-corrected chi connectivity index (χ3v) is 6.92. The van der Waals surface area contributed by atoms with E-state index in [-0.39, 0.29) is 11.8 Å². The summed E-state index contributed by atoms with van der Waals surface area (Å²) in [5.74, 6) is -0.176. The van der Waals surface area contributed by atoms with Gasteiger partial charge in [0.05, 0.1) is 5.69 Å². The lowest BCUT2D eigenvalue weighted by molar-refractivity contribution is 0.251. The molecule has 2 aromatic carbocycles. The predicted molar refractivity (Wildman–Crippen MR) is 133 cm³/mol. The summed E-state index contributed by atoms with van der Waals surface area (Å²) in [5.41, 5.74) is 1.95. The van der Waals surface area contributed by atoms with Crippen LogP contribution < -0.4 is 15.5 Å². The standard InChI is InChI=1S/C24H28ClFN4OS/c25-18-4-7-20(8-5-18)28-24(31)27-10-1-2-11-29-12-3-13-30(15-14-29)22-17-32-23-16-19(26)6-9-21(22)23/h4-9,16-17H,1-3,10-15H2,(H2,27,28,31). The minimum absolute atomic E-state index is 0.176. The summed E-state index contributed by atoms with van der Waals surface area (Å²) in [6.45, 7) is 5.78. The number of hydrogen-bond donors (Lipinski definition) is 2. The van der Waals surface area contributed by atoms with Gasteiger partial charge in [-0.05, 0) is 74.8 Å². The van der Waals surface area contributed by atoms with Crippen molar-refractivity contribution in [2.45, 2.75) is 19.3 Å². The Bertz CT molecular complexity index is 1040. The molecule has 0 unspecified atom stereocenters. The van der Waals surface area contributed by atoms with Gasteiger partial charge in [0.2, 0.25) is 0 Å². The Morgan fingerprint density at radius 1 is 1.06 bits per heavy atom. The van der Waals surface area contributed by atoms with E-state index in [9.17, 15) is 9.18 Å². The molecule has 1 fully saturated rings. The Kier molecular flexibility index (Phi) is 7.84. The van der Waals surface area contributed by atoms with Crippen LogP contribution in [-0.4, -0.2) is 50.2 Å². The third kappa shape index (κ3) is 6.12. The summed E-state index contributed by atoms with van der Waals surface area (Å²) < 4.78 is 14.5. The van der Waals surface area contributed by atoms with Crippen LogP contribution in [0.15, 0.2) is 47.8 Å². The number of nitrogens with one attached hydrogen (secondary N) is 2. The van der Waals surface area contributed by atoms with Gasteiger partial charge in [0.15, 0.2) is 0 Å². The fraction of sp³-hybridized carbons (Fsp3) is 0.375. The Morgan fingerprint density at radius 2 is 1.91 bits per heavy atom. The van der Waals surface area contributed by atoms with Crippen molar-refractivity contribution in [3.63, 3.8) is 0 Å². The summed E-state index contributed by atoms with van der Waals surface area (Å²) in [7, 11) is 0. The molecule has 1 aromatic heterocycles. The number of anilines is 2. The summed E-state index contributed by atoms with van der Waals surface area (Å²) in [5, 5.41) is 9.66. The van der Waals surface area contributed by atoms with E-state index >= 15 is 0 Å². The van der Waals surface area contributed by atoms with E-state index in [0.29, 0.717) is 11.6 Å². The number of benzene rings is 2. The van der Waals surface area contributed by atoms with Gasteiger partial charge < -0.3 is 20.4 Å². The van der Waals surface area contributed by atoms with Gasteiger partial charge in [0.25, 0.3) is 0 Å². The number of urea groups is 1. The zero-order valence-corrected chi connectivity index (χ0v) is 19.5. The molecule has 3 aromatic rings. The first-order chi connectivity index (χ1) is 15.6. The Morgan fingerprint density at radius 3 is 2.75 bits per heavy atom. The van der Waals surface area contributed by atoms with Gasteiger partial charge in [0, 0.05) is 52.4 Å². The number of unbranched alkanes of at least 4 members (excludes halogenated alkanes) is 1. The largest absolute Gasteiger partial charge is 0.369 e. The van der Waals surface area contributed by atoms with Crippen LogP contribution in [0.5, 0.6) is 0 Å². The average Bonchev–Trinajstić information content (AvgIpc) is 3.05. The second-order valence-corrected chi connectivity index (χ2v) is 9.39. The zero-order valence-electron chi connectivity index (χ0n) is 17.9. The van der Waals surface area contributed by atoms with Gasteiger partial charge in [-0.15, -0.1) is 11.3 Å². The predicted octanol–water partition coefficient (Wildman–Crippen LogP) is 5.81. The lowest BCUT2D eigenvalue weighted by atomic mass is 10.2. The van der Waals surface area contributed by atoms with Crippen molar-refractivity contribution in [1.82, 2.24) is 10.2 Å². The van der Waals surface area contributed by atoms with Gasteiger partial charge in [-0.3, -0.25) is 0 Å². The molecule has 32 heavy (non-hydrogen) atoms. The smallest absolute Gasteiger partial charge is 0.319 e. The minimum atomic E-state index is -0.194. The highest BCUT2D eigenvalue weighted by Gasteiger charge is 2.17. The second kappa shape index (κ2) is 11.0. The van der Waals surface area contributed by atoms with Crippen LogP contribution in [0.3, 0.4) is 0 Å². The monoisotopic (exact) mass is 474 g/mol. The molecule has 8 heteroatoms. The van der Waals surface area contributed by atoms with Crippen LogP contribution in [0.2, 0.25) is 5.02 Å². The molecule has 1 aliphatic rings. The maximum absolute atomic E-state index is 13.5. The maximum Gasteiger partial charge on any atom is 0.319 e. The van der Waals surface area contributed by atoms with Gasteiger partial charge >= 0.3 is 6.03 Å². The Hall–Kier alpha value is -2.35. The molecule has 5 nitrogen and oxygen atoms in total. The lowest BCUT2D eigenvalue weighted by Gasteiger charge is -2.23. The Balaban J connectivity index is 1.16.